The monoisotopic (exact) mass is 464 g/mol. The van der Waals surface area contributed by atoms with Gasteiger partial charge in [-0.25, -0.2) is 0 Å². The zero-order valence-electron chi connectivity index (χ0n) is 19.8. The Morgan fingerprint density at radius 1 is 1.19 bits per heavy atom. The highest BCUT2D eigenvalue weighted by Crippen LogP contribution is 2.53. The predicted octanol–water partition coefficient (Wildman–Crippen LogP) is 6.28. The van der Waals surface area contributed by atoms with E-state index in [2.05, 4.69) is 31.2 Å². The fraction of sp³-hybridized carbons (Fsp3) is 0.741. The van der Waals surface area contributed by atoms with Crippen molar-refractivity contribution in [1.29, 1.82) is 0 Å². The molecule has 2 aliphatic carbocycles. The molecule has 180 valence electrons. The van der Waals surface area contributed by atoms with Gasteiger partial charge in [0, 0.05) is 23.1 Å². The number of alkyl halides is 1. The average Bonchev–Trinajstić information content (AvgIpc) is 3.05. The molecule has 2 saturated carbocycles. The molecule has 0 saturated heterocycles. The van der Waals surface area contributed by atoms with E-state index in [9.17, 15) is 15.0 Å². The highest BCUT2D eigenvalue weighted by molar-refractivity contribution is 6.21. The molecule has 1 aromatic rings. The van der Waals surface area contributed by atoms with Crippen LogP contribution in [-0.4, -0.2) is 34.8 Å². The molecule has 0 heterocycles. The summed E-state index contributed by atoms with van der Waals surface area (Å²) >= 11 is 6.66. The van der Waals surface area contributed by atoms with Crippen LogP contribution in [0.2, 0.25) is 0 Å². The summed E-state index contributed by atoms with van der Waals surface area (Å²) in [5, 5.41) is 21.8. The minimum Gasteiger partial charge on any atom is -0.469 e. The third-order valence-electron chi connectivity index (χ3n) is 8.02. The third-order valence-corrected chi connectivity index (χ3v) is 8.52. The van der Waals surface area contributed by atoms with Crippen molar-refractivity contribution in [3.63, 3.8) is 0 Å². The van der Waals surface area contributed by atoms with E-state index in [1.165, 1.54) is 13.5 Å². The van der Waals surface area contributed by atoms with Crippen LogP contribution < -0.4 is 0 Å². The van der Waals surface area contributed by atoms with Gasteiger partial charge in [-0.3, -0.25) is 4.79 Å². The lowest BCUT2D eigenvalue weighted by Gasteiger charge is -2.46. The number of hydrogen-bond donors (Lipinski definition) is 2. The Balaban J connectivity index is 1.58. The quantitative estimate of drug-likeness (QED) is 0.217. The van der Waals surface area contributed by atoms with E-state index in [0.717, 1.165) is 68.9 Å². The topological polar surface area (TPSA) is 66.8 Å². The second-order valence-corrected chi connectivity index (χ2v) is 10.6. The average molecular weight is 465 g/mol. The Hall–Kier alpha value is -1.10. The van der Waals surface area contributed by atoms with Crippen LogP contribution in [0.5, 0.6) is 0 Å². The smallest absolute Gasteiger partial charge is 0.305 e. The maximum Gasteiger partial charge on any atom is 0.305 e. The number of esters is 1. The molecule has 0 radical (unpaired) electrons. The lowest BCUT2D eigenvalue weighted by Crippen LogP contribution is -2.36. The first-order valence-electron chi connectivity index (χ1n) is 12.6. The van der Waals surface area contributed by atoms with Gasteiger partial charge in [0.1, 0.15) is 0 Å². The zero-order valence-corrected chi connectivity index (χ0v) is 20.5. The first-order valence-corrected chi connectivity index (χ1v) is 13.0. The van der Waals surface area contributed by atoms with Crippen LogP contribution in [0.4, 0.5) is 0 Å². The van der Waals surface area contributed by atoms with Gasteiger partial charge in [0.2, 0.25) is 0 Å². The van der Waals surface area contributed by atoms with Gasteiger partial charge in [-0.1, -0.05) is 63.3 Å². The van der Waals surface area contributed by atoms with Gasteiger partial charge in [0.25, 0.3) is 0 Å². The maximum atomic E-state index is 11.2. The molecule has 0 spiro atoms. The lowest BCUT2D eigenvalue weighted by atomic mass is 9.61. The molecule has 32 heavy (non-hydrogen) atoms. The van der Waals surface area contributed by atoms with E-state index in [1.54, 1.807) is 0 Å². The Morgan fingerprint density at radius 3 is 2.47 bits per heavy atom. The van der Waals surface area contributed by atoms with Gasteiger partial charge >= 0.3 is 5.97 Å². The van der Waals surface area contributed by atoms with Crippen molar-refractivity contribution in [2.75, 3.05) is 7.11 Å². The highest BCUT2D eigenvalue weighted by Gasteiger charge is 2.44. The second kappa shape index (κ2) is 11.9. The number of carbonyl (C=O) groups is 1. The molecule has 3 rings (SSSR count). The van der Waals surface area contributed by atoms with Crippen molar-refractivity contribution in [2.24, 2.45) is 11.3 Å². The molecule has 2 fully saturated rings. The molecule has 5 atom stereocenters. The molecule has 1 aromatic carbocycles. The maximum absolute atomic E-state index is 11.2. The third kappa shape index (κ3) is 5.87. The predicted molar refractivity (Wildman–Crippen MR) is 129 cm³/mol. The van der Waals surface area contributed by atoms with E-state index in [-0.39, 0.29) is 28.6 Å². The van der Waals surface area contributed by atoms with Crippen LogP contribution in [-0.2, 0) is 9.53 Å². The van der Waals surface area contributed by atoms with Gasteiger partial charge in [-0.15, -0.1) is 11.6 Å². The number of hydrogen-bond acceptors (Lipinski definition) is 4. The fourth-order valence-electron chi connectivity index (χ4n) is 6.04. The summed E-state index contributed by atoms with van der Waals surface area (Å²) in [6.45, 7) is 2.19. The standard InChI is InChI=1S/C27H41ClO4/c1-3-15-27(16-8-17-27)26(31)20-13-11-19(12-14-20)25-21(22(28)18-23(25)29)9-6-4-5-7-10-24(30)32-2/h11-14,21-23,25-26,29,31H,3-10,15-18H2,1-2H3. The molecule has 4 nitrogen and oxygen atoms in total. The Kier molecular flexibility index (Phi) is 9.45. The Labute approximate surface area is 198 Å². The number of aliphatic hydroxyl groups excluding tert-OH is 2. The Morgan fingerprint density at radius 2 is 1.88 bits per heavy atom. The van der Waals surface area contributed by atoms with Crippen LogP contribution in [0, 0.1) is 11.3 Å². The van der Waals surface area contributed by atoms with Crippen LogP contribution >= 0.6 is 11.6 Å². The largest absolute Gasteiger partial charge is 0.469 e. The SMILES string of the molecule is CCCC1(C(O)c2ccc(C3C(O)CC(Cl)C3CCCCCCC(=O)OC)cc2)CCC1. The van der Waals surface area contributed by atoms with Gasteiger partial charge in [-0.2, -0.15) is 0 Å². The van der Waals surface area contributed by atoms with E-state index >= 15 is 0 Å². The number of unbranched alkanes of at least 4 members (excludes halogenated alkanes) is 3. The number of methoxy groups -OCH3 is 1. The van der Waals surface area contributed by atoms with Crippen molar-refractivity contribution in [3.8, 4) is 0 Å². The summed E-state index contributed by atoms with van der Waals surface area (Å²) in [5.74, 6) is 0.157. The van der Waals surface area contributed by atoms with Crippen molar-refractivity contribution >= 4 is 17.6 Å². The van der Waals surface area contributed by atoms with Crippen molar-refractivity contribution in [2.45, 2.75) is 107 Å². The molecule has 0 aliphatic heterocycles. The summed E-state index contributed by atoms with van der Waals surface area (Å²) < 4.78 is 4.69. The molecule has 5 unspecified atom stereocenters. The first-order chi connectivity index (χ1) is 15.4. The molecule has 2 aliphatic rings. The number of halogens is 1. The molecule has 2 N–H and O–H groups in total. The highest BCUT2D eigenvalue weighted by atomic mass is 35.5. The number of ether oxygens (including phenoxy) is 1. The number of benzene rings is 1. The number of aliphatic hydroxyl groups is 2. The number of carbonyl (C=O) groups excluding carboxylic acids is 1. The van der Waals surface area contributed by atoms with E-state index in [4.69, 9.17) is 16.3 Å². The van der Waals surface area contributed by atoms with Gasteiger partial charge < -0.3 is 14.9 Å². The fourth-order valence-corrected chi connectivity index (χ4v) is 6.51. The summed E-state index contributed by atoms with van der Waals surface area (Å²) in [6.07, 6.45) is 10.9. The normalized spacial score (nSPS) is 27.7. The van der Waals surface area contributed by atoms with E-state index in [0.29, 0.717) is 12.8 Å². The van der Waals surface area contributed by atoms with E-state index < -0.39 is 12.2 Å². The summed E-state index contributed by atoms with van der Waals surface area (Å²) in [5.41, 5.74) is 2.19. The molecule has 0 amide bonds. The lowest BCUT2D eigenvalue weighted by molar-refractivity contribution is -0.140. The van der Waals surface area contributed by atoms with Crippen LogP contribution in [0.25, 0.3) is 0 Å². The molecule has 0 bridgehead atoms. The second-order valence-electron chi connectivity index (χ2n) is 10.1. The first kappa shape index (κ1) is 25.5. The van der Waals surface area contributed by atoms with Crippen molar-refractivity contribution in [1.82, 2.24) is 0 Å². The molecular formula is C27H41ClO4. The van der Waals surface area contributed by atoms with Crippen LogP contribution in [0.15, 0.2) is 24.3 Å². The Bertz CT molecular complexity index is 715. The van der Waals surface area contributed by atoms with Crippen molar-refractivity contribution < 1.29 is 19.7 Å². The number of rotatable bonds is 12. The molecular weight excluding hydrogens is 424 g/mol. The van der Waals surface area contributed by atoms with Gasteiger partial charge in [-0.05, 0) is 55.6 Å². The summed E-state index contributed by atoms with van der Waals surface area (Å²) in [7, 11) is 1.43. The molecule has 0 aromatic heterocycles. The molecule has 5 heteroatoms. The minimum absolute atomic E-state index is 0.0156. The van der Waals surface area contributed by atoms with Gasteiger partial charge in [0.05, 0.1) is 19.3 Å². The summed E-state index contributed by atoms with van der Waals surface area (Å²) in [4.78, 5) is 11.2. The summed E-state index contributed by atoms with van der Waals surface area (Å²) in [6, 6.07) is 8.33. The van der Waals surface area contributed by atoms with Crippen molar-refractivity contribution in [3.05, 3.63) is 35.4 Å². The van der Waals surface area contributed by atoms with Crippen LogP contribution in [0.3, 0.4) is 0 Å². The van der Waals surface area contributed by atoms with E-state index in [1.807, 2.05) is 0 Å². The minimum atomic E-state index is -0.421. The van der Waals surface area contributed by atoms with Crippen LogP contribution in [0.1, 0.15) is 107 Å². The van der Waals surface area contributed by atoms with Gasteiger partial charge in [0.15, 0.2) is 0 Å². The zero-order chi connectivity index (χ0) is 23.1.